The van der Waals surface area contributed by atoms with E-state index >= 15 is 0 Å². The predicted molar refractivity (Wildman–Crippen MR) is 86.4 cm³/mol. The molecule has 23 heavy (non-hydrogen) atoms. The Kier molecular flexibility index (Phi) is 5.62. The van der Waals surface area contributed by atoms with Gasteiger partial charge in [-0.15, -0.1) is 0 Å². The Hall–Kier alpha value is -1.46. The number of carbonyl (C=O) groups is 1. The number of ether oxygens (including phenoxy) is 1. The van der Waals surface area contributed by atoms with Crippen molar-refractivity contribution in [2.24, 2.45) is 5.92 Å². The zero-order valence-electron chi connectivity index (χ0n) is 13.5. The van der Waals surface area contributed by atoms with Crippen molar-refractivity contribution in [3.63, 3.8) is 0 Å². The summed E-state index contributed by atoms with van der Waals surface area (Å²) in [7, 11) is 0. The summed E-state index contributed by atoms with van der Waals surface area (Å²) in [4.78, 5) is 14.6. The van der Waals surface area contributed by atoms with Crippen LogP contribution in [0.5, 0.6) is 0 Å². The van der Waals surface area contributed by atoms with Crippen LogP contribution in [0.3, 0.4) is 0 Å². The molecule has 3 rings (SSSR count). The van der Waals surface area contributed by atoms with Crippen molar-refractivity contribution in [2.45, 2.75) is 38.3 Å². The first kappa shape index (κ1) is 16.4. The smallest absolute Gasteiger partial charge is 0.223 e. The van der Waals surface area contributed by atoms with Gasteiger partial charge in [-0.2, -0.15) is 0 Å². The van der Waals surface area contributed by atoms with Crippen LogP contribution in [0.1, 0.15) is 31.2 Å². The first-order valence-electron chi connectivity index (χ1n) is 8.57. The summed E-state index contributed by atoms with van der Waals surface area (Å²) < 4.78 is 18.5. The first-order chi connectivity index (χ1) is 11.2. The quantitative estimate of drug-likeness (QED) is 0.905. The van der Waals surface area contributed by atoms with Gasteiger partial charge in [-0.1, -0.05) is 12.1 Å². The summed E-state index contributed by atoms with van der Waals surface area (Å²) in [6.45, 7) is 4.12. The second kappa shape index (κ2) is 7.88. The third-order valence-corrected chi connectivity index (χ3v) is 4.81. The number of amides is 1. The molecule has 2 saturated heterocycles. The van der Waals surface area contributed by atoms with E-state index in [2.05, 4.69) is 10.2 Å². The second-order valence-electron chi connectivity index (χ2n) is 6.56. The molecule has 1 unspecified atom stereocenters. The van der Waals surface area contributed by atoms with E-state index in [4.69, 9.17) is 4.74 Å². The summed E-state index contributed by atoms with van der Waals surface area (Å²) in [5, 5.41) is 3.04. The van der Waals surface area contributed by atoms with Crippen LogP contribution in [0, 0.1) is 11.7 Å². The molecule has 2 aliphatic heterocycles. The maximum atomic E-state index is 12.9. The second-order valence-corrected chi connectivity index (χ2v) is 6.56. The average molecular weight is 320 g/mol. The van der Waals surface area contributed by atoms with Crippen molar-refractivity contribution >= 4 is 5.91 Å². The van der Waals surface area contributed by atoms with Gasteiger partial charge in [0.25, 0.3) is 0 Å². The van der Waals surface area contributed by atoms with Gasteiger partial charge in [0.15, 0.2) is 0 Å². The van der Waals surface area contributed by atoms with Gasteiger partial charge < -0.3 is 10.1 Å². The Bertz CT molecular complexity index is 506. The number of likely N-dealkylation sites (tertiary alicyclic amines) is 1. The monoisotopic (exact) mass is 320 g/mol. The molecule has 126 valence electrons. The van der Waals surface area contributed by atoms with Crippen molar-refractivity contribution in [1.82, 2.24) is 10.2 Å². The maximum Gasteiger partial charge on any atom is 0.223 e. The molecule has 0 spiro atoms. The number of nitrogens with one attached hydrogen (secondary N) is 1. The fourth-order valence-corrected chi connectivity index (χ4v) is 3.37. The topological polar surface area (TPSA) is 41.6 Å². The third kappa shape index (κ3) is 4.75. The van der Waals surface area contributed by atoms with Crippen LogP contribution < -0.4 is 5.32 Å². The van der Waals surface area contributed by atoms with E-state index in [1.807, 2.05) is 12.1 Å². The lowest BCUT2D eigenvalue weighted by molar-refractivity contribution is -0.127. The van der Waals surface area contributed by atoms with E-state index < -0.39 is 0 Å². The van der Waals surface area contributed by atoms with Crippen LogP contribution in [-0.2, 0) is 16.1 Å². The minimum absolute atomic E-state index is 0.112. The lowest BCUT2D eigenvalue weighted by Gasteiger charge is -2.31. The number of benzene rings is 1. The van der Waals surface area contributed by atoms with Crippen LogP contribution in [0.4, 0.5) is 4.39 Å². The normalized spacial score (nSPS) is 23.1. The number of carbonyl (C=O) groups excluding carboxylic acids is 1. The molecule has 0 radical (unpaired) electrons. The fraction of sp³-hybridized carbons (Fsp3) is 0.611. The highest BCUT2D eigenvalue weighted by molar-refractivity contribution is 5.78. The number of halogens is 1. The lowest BCUT2D eigenvalue weighted by atomic mass is 9.95. The lowest BCUT2D eigenvalue weighted by Crippen LogP contribution is -2.42. The number of hydrogen-bond donors (Lipinski definition) is 1. The van der Waals surface area contributed by atoms with Crippen LogP contribution in [-0.4, -0.2) is 43.2 Å². The molecule has 2 heterocycles. The minimum atomic E-state index is -0.199. The molecule has 0 bridgehead atoms. The molecule has 1 aromatic carbocycles. The van der Waals surface area contributed by atoms with Gasteiger partial charge in [0.2, 0.25) is 5.91 Å². The van der Waals surface area contributed by atoms with Gasteiger partial charge in [-0.25, -0.2) is 4.39 Å². The standard InChI is InChI=1S/C18H25FN2O2/c19-16-5-3-14(4-6-16)13-21-9-7-15(8-10-21)18(22)20-12-17-2-1-11-23-17/h3-6,15,17H,1-2,7-13H2,(H,20,22). The van der Waals surface area contributed by atoms with E-state index in [1.165, 1.54) is 12.1 Å². The molecule has 2 fully saturated rings. The van der Waals surface area contributed by atoms with E-state index in [-0.39, 0.29) is 23.7 Å². The molecule has 1 N–H and O–H groups in total. The van der Waals surface area contributed by atoms with E-state index in [0.29, 0.717) is 6.54 Å². The summed E-state index contributed by atoms with van der Waals surface area (Å²) in [6, 6.07) is 6.66. The Morgan fingerprint density at radius 2 is 1.96 bits per heavy atom. The highest BCUT2D eigenvalue weighted by Gasteiger charge is 2.26. The predicted octanol–water partition coefficient (Wildman–Crippen LogP) is 2.33. The number of rotatable bonds is 5. The summed E-state index contributed by atoms with van der Waals surface area (Å²) in [5.41, 5.74) is 1.12. The van der Waals surface area contributed by atoms with Crippen molar-refractivity contribution in [2.75, 3.05) is 26.2 Å². The third-order valence-electron chi connectivity index (χ3n) is 4.81. The molecule has 5 heteroatoms. The van der Waals surface area contributed by atoms with Crippen LogP contribution in [0.25, 0.3) is 0 Å². The van der Waals surface area contributed by atoms with E-state index in [1.54, 1.807) is 0 Å². The van der Waals surface area contributed by atoms with Gasteiger partial charge in [-0.3, -0.25) is 9.69 Å². The first-order valence-corrected chi connectivity index (χ1v) is 8.57. The zero-order chi connectivity index (χ0) is 16.1. The van der Waals surface area contributed by atoms with E-state index in [9.17, 15) is 9.18 Å². The molecule has 0 saturated carbocycles. The van der Waals surface area contributed by atoms with Crippen LogP contribution in [0.15, 0.2) is 24.3 Å². The van der Waals surface area contributed by atoms with Crippen LogP contribution >= 0.6 is 0 Å². The number of hydrogen-bond acceptors (Lipinski definition) is 3. The SMILES string of the molecule is O=C(NCC1CCCO1)C1CCN(Cc2ccc(F)cc2)CC1. The number of piperidine rings is 1. The van der Waals surface area contributed by atoms with Crippen molar-refractivity contribution < 1.29 is 13.9 Å². The number of nitrogens with zero attached hydrogens (tertiary/aromatic N) is 1. The van der Waals surface area contributed by atoms with Gasteiger partial charge in [0.05, 0.1) is 6.10 Å². The molecular weight excluding hydrogens is 295 g/mol. The van der Waals surface area contributed by atoms with Crippen molar-refractivity contribution in [3.05, 3.63) is 35.6 Å². The Morgan fingerprint density at radius 1 is 1.22 bits per heavy atom. The zero-order valence-corrected chi connectivity index (χ0v) is 13.5. The van der Waals surface area contributed by atoms with Gasteiger partial charge in [0, 0.05) is 25.6 Å². The average Bonchev–Trinajstić information content (AvgIpc) is 3.09. The summed E-state index contributed by atoms with van der Waals surface area (Å²) in [5.74, 6) is 0.0816. The molecular formula is C18H25FN2O2. The fourth-order valence-electron chi connectivity index (χ4n) is 3.37. The highest BCUT2D eigenvalue weighted by atomic mass is 19.1. The summed E-state index contributed by atoms with van der Waals surface area (Å²) >= 11 is 0. The maximum absolute atomic E-state index is 12.9. The highest BCUT2D eigenvalue weighted by Crippen LogP contribution is 2.20. The van der Waals surface area contributed by atoms with Gasteiger partial charge in [-0.05, 0) is 56.5 Å². The summed E-state index contributed by atoms with van der Waals surface area (Å²) in [6.07, 6.45) is 4.13. The molecule has 1 amide bonds. The molecule has 0 aliphatic carbocycles. The molecule has 0 aromatic heterocycles. The largest absolute Gasteiger partial charge is 0.376 e. The molecule has 1 aromatic rings. The Labute approximate surface area is 137 Å². The van der Waals surface area contributed by atoms with Crippen molar-refractivity contribution in [3.8, 4) is 0 Å². The van der Waals surface area contributed by atoms with E-state index in [0.717, 1.165) is 57.5 Å². The molecule has 2 aliphatic rings. The Morgan fingerprint density at radius 3 is 2.61 bits per heavy atom. The minimum Gasteiger partial charge on any atom is -0.376 e. The Balaban J connectivity index is 1.39. The molecule has 1 atom stereocenters. The van der Waals surface area contributed by atoms with Crippen molar-refractivity contribution in [1.29, 1.82) is 0 Å². The van der Waals surface area contributed by atoms with Gasteiger partial charge >= 0.3 is 0 Å². The molecule has 4 nitrogen and oxygen atoms in total. The van der Waals surface area contributed by atoms with Gasteiger partial charge in [0.1, 0.15) is 5.82 Å². The van der Waals surface area contributed by atoms with Crippen LogP contribution in [0.2, 0.25) is 0 Å².